The van der Waals surface area contributed by atoms with Crippen molar-refractivity contribution in [3.63, 3.8) is 0 Å². The van der Waals surface area contributed by atoms with Crippen molar-refractivity contribution in [3.05, 3.63) is 29.8 Å². The van der Waals surface area contributed by atoms with E-state index in [-0.39, 0.29) is 12.0 Å². The molecular formula is C18H27N3O4S. The van der Waals surface area contributed by atoms with Gasteiger partial charge in [-0.2, -0.15) is 17.0 Å². The lowest BCUT2D eigenvalue weighted by Crippen LogP contribution is -2.46. The van der Waals surface area contributed by atoms with E-state index in [0.717, 1.165) is 12.8 Å². The lowest BCUT2D eigenvalue weighted by Gasteiger charge is -2.32. The van der Waals surface area contributed by atoms with E-state index in [9.17, 15) is 13.2 Å². The van der Waals surface area contributed by atoms with Crippen LogP contribution in [0.15, 0.2) is 24.3 Å². The molecule has 0 unspecified atom stereocenters. The van der Waals surface area contributed by atoms with Crippen molar-refractivity contribution in [1.82, 2.24) is 13.9 Å². The van der Waals surface area contributed by atoms with Gasteiger partial charge < -0.3 is 10.1 Å². The first kappa shape index (κ1) is 19.1. The maximum absolute atomic E-state index is 12.3. The van der Waals surface area contributed by atoms with Gasteiger partial charge >= 0.3 is 0 Å². The minimum Gasteiger partial charge on any atom is -0.490 e. The van der Waals surface area contributed by atoms with Crippen molar-refractivity contribution in [1.29, 1.82) is 0 Å². The predicted molar refractivity (Wildman–Crippen MR) is 99.4 cm³/mol. The Morgan fingerprint density at radius 1 is 1.19 bits per heavy atom. The van der Waals surface area contributed by atoms with Gasteiger partial charge in [-0.3, -0.25) is 4.79 Å². The van der Waals surface area contributed by atoms with Gasteiger partial charge in [-0.1, -0.05) is 6.07 Å². The fraction of sp³-hybridized carbons (Fsp3) is 0.611. The molecule has 0 radical (unpaired) electrons. The normalized spacial score (nSPS) is 20.0. The smallest absolute Gasteiger partial charge is 0.281 e. The SMILES string of the molecule is CN(C)S(=O)(=O)N1CCC(Oc2cccc(C(=O)NC3CCC3)c2)CC1. The number of rotatable bonds is 6. The summed E-state index contributed by atoms with van der Waals surface area (Å²) < 4.78 is 33.0. The van der Waals surface area contributed by atoms with Crippen LogP contribution >= 0.6 is 0 Å². The minimum atomic E-state index is -3.36. The molecule has 1 amide bonds. The molecule has 2 aliphatic rings. The topological polar surface area (TPSA) is 79.0 Å². The third-order valence-corrected chi connectivity index (χ3v) is 6.97. The standard InChI is InChI=1S/C18H27N3O4S/c1-20(2)26(23,24)21-11-9-16(10-12-21)25-17-8-3-5-14(13-17)18(22)19-15-6-4-7-15/h3,5,8,13,15-16H,4,6-7,9-12H2,1-2H3,(H,19,22). The molecule has 144 valence electrons. The van der Waals surface area contributed by atoms with Gasteiger partial charge in [-0.25, -0.2) is 0 Å². The van der Waals surface area contributed by atoms with Gasteiger partial charge in [0, 0.05) is 38.8 Å². The first-order valence-electron chi connectivity index (χ1n) is 9.11. The van der Waals surface area contributed by atoms with Crippen molar-refractivity contribution < 1.29 is 17.9 Å². The summed E-state index contributed by atoms with van der Waals surface area (Å²) in [5.41, 5.74) is 0.599. The van der Waals surface area contributed by atoms with Crippen molar-refractivity contribution in [2.45, 2.75) is 44.2 Å². The highest BCUT2D eigenvalue weighted by molar-refractivity contribution is 7.86. The van der Waals surface area contributed by atoms with Crippen LogP contribution in [-0.2, 0) is 10.2 Å². The lowest BCUT2D eigenvalue weighted by atomic mass is 9.93. The average Bonchev–Trinajstić information content (AvgIpc) is 2.58. The van der Waals surface area contributed by atoms with Gasteiger partial charge in [0.15, 0.2) is 0 Å². The Balaban J connectivity index is 1.55. The van der Waals surface area contributed by atoms with Gasteiger partial charge in [-0.15, -0.1) is 0 Å². The number of benzene rings is 1. The molecule has 0 bridgehead atoms. The van der Waals surface area contributed by atoms with Gasteiger partial charge in [0.2, 0.25) is 0 Å². The van der Waals surface area contributed by atoms with E-state index in [2.05, 4.69) is 5.32 Å². The molecule has 26 heavy (non-hydrogen) atoms. The van der Waals surface area contributed by atoms with Gasteiger partial charge in [0.25, 0.3) is 16.1 Å². The third kappa shape index (κ3) is 4.36. The van der Waals surface area contributed by atoms with E-state index in [1.54, 1.807) is 12.1 Å². The summed E-state index contributed by atoms with van der Waals surface area (Å²) in [6, 6.07) is 7.50. The second kappa shape index (κ2) is 7.94. The van der Waals surface area contributed by atoms with Crippen molar-refractivity contribution in [3.8, 4) is 5.75 Å². The minimum absolute atomic E-state index is 0.0476. The summed E-state index contributed by atoms with van der Waals surface area (Å²) in [6.07, 6.45) is 4.49. The zero-order valence-electron chi connectivity index (χ0n) is 15.3. The first-order chi connectivity index (χ1) is 12.4. The second-order valence-electron chi connectivity index (χ2n) is 7.14. The molecular weight excluding hydrogens is 354 g/mol. The van der Waals surface area contributed by atoms with Gasteiger partial charge in [-0.05, 0) is 50.3 Å². The molecule has 1 saturated heterocycles. The van der Waals surface area contributed by atoms with Crippen LogP contribution < -0.4 is 10.1 Å². The fourth-order valence-electron chi connectivity index (χ4n) is 3.14. The number of nitrogens with one attached hydrogen (secondary N) is 1. The van der Waals surface area contributed by atoms with Crippen molar-refractivity contribution >= 4 is 16.1 Å². The highest BCUT2D eigenvalue weighted by atomic mass is 32.2. The molecule has 2 fully saturated rings. The van der Waals surface area contributed by atoms with Crippen molar-refractivity contribution in [2.75, 3.05) is 27.2 Å². The van der Waals surface area contributed by atoms with Crippen LogP contribution in [0.4, 0.5) is 0 Å². The molecule has 0 aromatic heterocycles. The first-order valence-corrected chi connectivity index (χ1v) is 10.5. The van der Waals surface area contributed by atoms with E-state index >= 15 is 0 Å². The third-order valence-electron chi connectivity index (χ3n) is 5.03. The monoisotopic (exact) mass is 381 g/mol. The van der Waals surface area contributed by atoms with E-state index in [0.29, 0.717) is 43.3 Å². The number of carbonyl (C=O) groups excluding carboxylic acids is 1. The van der Waals surface area contributed by atoms with E-state index < -0.39 is 10.2 Å². The van der Waals surface area contributed by atoms with Crippen LogP contribution in [-0.4, -0.2) is 62.3 Å². The molecule has 1 aromatic rings. The number of hydrogen-bond acceptors (Lipinski definition) is 4. The molecule has 0 spiro atoms. The number of amides is 1. The quantitative estimate of drug-likeness (QED) is 0.812. The van der Waals surface area contributed by atoms with Gasteiger partial charge in [0.05, 0.1) is 0 Å². The van der Waals surface area contributed by atoms with Crippen LogP contribution in [0.1, 0.15) is 42.5 Å². The summed E-state index contributed by atoms with van der Waals surface area (Å²) in [5.74, 6) is 0.590. The van der Waals surface area contributed by atoms with Gasteiger partial charge in [0.1, 0.15) is 11.9 Å². The van der Waals surface area contributed by atoms with Crippen LogP contribution in [0.25, 0.3) is 0 Å². The molecule has 1 N–H and O–H groups in total. The predicted octanol–water partition coefficient (Wildman–Crippen LogP) is 1.62. The number of ether oxygens (including phenoxy) is 1. The molecule has 3 rings (SSSR count). The van der Waals surface area contributed by atoms with Crippen molar-refractivity contribution in [2.24, 2.45) is 0 Å². The van der Waals surface area contributed by atoms with Crippen LogP contribution in [0.3, 0.4) is 0 Å². The zero-order chi connectivity index (χ0) is 18.7. The highest BCUT2D eigenvalue weighted by Gasteiger charge is 2.30. The Kier molecular flexibility index (Phi) is 5.84. The Morgan fingerprint density at radius 3 is 2.46 bits per heavy atom. The molecule has 0 atom stereocenters. The second-order valence-corrected chi connectivity index (χ2v) is 9.28. The van der Waals surface area contributed by atoms with Crippen LogP contribution in [0.5, 0.6) is 5.75 Å². The summed E-state index contributed by atoms with van der Waals surface area (Å²) in [7, 11) is -0.285. The summed E-state index contributed by atoms with van der Waals surface area (Å²) in [5, 5.41) is 3.02. The lowest BCUT2D eigenvalue weighted by molar-refractivity contribution is 0.0915. The molecule has 1 aromatic carbocycles. The molecule has 7 nitrogen and oxygen atoms in total. The van der Waals surface area contributed by atoms with E-state index in [4.69, 9.17) is 4.74 Å². The Morgan fingerprint density at radius 2 is 1.88 bits per heavy atom. The number of nitrogens with zero attached hydrogens (tertiary/aromatic N) is 2. The number of piperidine rings is 1. The van der Waals surface area contributed by atoms with E-state index in [1.165, 1.54) is 29.1 Å². The highest BCUT2D eigenvalue weighted by Crippen LogP contribution is 2.23. The summed E-state index contributed by atoms with van der Waals surface area (Å²) >= 11 is 0. The zero-order valence-corrected chi connectivity index (χ0v) is 16.2. The average molecular weight is 381 g/mol. The maximum Gasteiger partial charge on any atom is 0.281 e. The van der Waals surface area contributed by atoms with Crippen LogP contribution in [0, 0.1) is 0 Å². The molecule has 1 aliphatic heterocycles. The Hall–Kier alpha value is -1.64. The summed E-state index contributed by atoms with van der Waals surface area (Å²) in [4.78, 5) is 12.3. The molecule has 1 saturated carbocycles. The number of carbonyl (C=O) groups is 1. The largest absolute Gasteiger partial charge is 0.490 e. The fourth-order valence-corrected chi connectivity index (χ4v) is 4.27. The Labute approximate surface area is 155 Å². The summed E-state index contributed by atoms with van der Waals surface area (Å²) in [6.45, 7) is 0.875. The van der Waals surface area contributed by atoms with Crippen LogP contribution in [0.2, 0.25) is 0 Å². The maximum atomic E-state index is 12.3. The Bertz CT molecular complexity index is 739. The number of hydrogen-bond donors (Lipinski definition) is 1. The van der Waals surface area contributed by atoms with E-state index in [1.807, 2.05) is 12.1 Å². The molecule has 1 aliphatic carbocycles. The molecule has 1 heterocycles. The molecule has 8 heteroatoms.